The molecule has 1 fully saturated rings. The van der Waals surface area contributed by atoms with Crippen LogP contribution in [-0.2, 0) is 4.74 Å². The first kappa shape index (κ1) is 15.9. The maximum absolute atomic E-state index is 6.25. The maximum atomic E-state index is 6.25. The summed E-state index contributed by atoms with van der Waals surface area (Å²) in [4.78, 5) is 14.4. The highest BCUT2D eigenvalue weighted by Gasteiger charge is 2.24. The monoisotopic (exact) mass is 360 g/mol. The molecule has 1 aliphatic heterocycles. The van der Waals surface area contributed by atoms with E-state index in [2.05, 4.69) is 45.1 Å². The second-order valence-corrected chi connectivity index (χ2v) is 6.93. The largest absolute Gasteiger partial charge is 0.358 e. The fourth-order valence-corrected chi connectivity index (χ4v) is 3.60. The number of hydrogen-bond donors (Lipinski definition) is 0. The van der Waals surface area contributed by atoms with Crippen molar-refractivity contribution >= 4 is 34.5 Å². The highest BCUT2D eigenvalue weighted by atomic mass is 35.5. The van der Waals surface area contributed by atoms with E-state index in [0.29, 0.717) is 10.7 Å². The summed E-state index contributed by atoms with van der Waals surface area (Å²) >= 11 is 7.96. The van der Waals surface area contributed by atoms with Crippen molar-refractivity contribution in [3.05, 3.63) is 35.7 Å². The third-order valence-electron chi connectivity index (χ3n) is 4.22. The molecule has 1 unspecified atom stereocenters. The molecule has 4 rings (SSSR count). The van der Waals surface area contributed by atoms with Crippen LogP contribution in [0.5, 0.6) is 0 Å². The van der Waals surface area contributed by atoms with Gasteiger partial charge >= 0.3 is 0 Å². The van der Waals surface area contributed by atoms with E-state index in [0.717, 1.165) is 42.9 Å². The van der Waals surface area contributed by atoms with Gasteiger partial charge in [-0.05, 0) is 37.7 Å². The van der Waals surface area contributed by atoms with Crippen LogP contribution in [0.25, 0.3) is 22.6 Å². The van der Waals surface area contributed by atoms with Crippen molar-refractivity contribution in [2.75, 3.05) is 12.9 Å². The first-order valence-electron chi connectivity index (χ1n) is 7.92. The van der Waals surface area contributed by atoms with E-state index < -0.39 is 0 Å². The van der Waals surface area contributed by atoms with Gasteiger partial charge in [-0.15, -0.1) is 11.8 Å². The molecular weight excluding hydrogens is 344 g/mol. The van der Waals surface area contributed by atoms with Gasteiger partial charge in [-0.1, -0.05) is 23.7 Å². The Balaban J connectivity index is 1.90. The Labute approximate surface area is 149 Å². The number of ether oxygens (including phenoxy) is 1. The zero-order chi connectivity index (χ0) is 16.5. The zero-order valence-corrected chi connectivity index (χ0v) is 14.8. The predicted molar refractivity (Wildman–Crippen MR) is 96.4 cm³/mol. The van der Waals surface area contributed by atoms with Crippen molar-refractivity contribution in [1.82, 2.24) is 19.5 Å². The average Bonchev–Trinajstić information content (AvgIpc) is 3.03. The Morgan fingerprint density at radius 1 is 1.21 bits per heavy atom. The van der Waals surface area contributed by atoms with Gasteiger partial charge in [-0.2, -0.15) is 0 Å². The van der Waals surface area contributed by atoms with Gasteiger partial charge in [0, 0.05) is 17.1 Å². The van der Waals surface area contributed by atoms with Crippen LogP contribution >= 0.6 is 23.4 Å². The fraction of sp³-hybridized carbons (Fsp3) is 0.353. The highest BCUT2D eigenvalue weighted by Crippen LogP contribution is 2.34. The van der Waals surface area contributed by atoms with Gasteiger partial charge in [-0.25, -0.2) is 15.0 Å². The molecule has 0 spiro atoms. The molecule has 24 heavy (non-hydrogen) atoms. The third-order valence-corrected chi connectivity index (χ3v) is 5.24. The van der Waals surface area contributed by atoms with Crippen LogP contribution in [0.2, 0.25) is 5.15 Å². The predicted octanol–water partition coefficient (Wildman–Crippen LogP) is 4.57. The van der Waals surface area contributed by atoms with E-state index in [1.54, 1.807) is 11.8 Å². The lowest BCUT2D eigenvalue weighted by molar-refractivity contribution is -0.0287. The molecule has 2 aromatic heterocycles. The molecule has 0 bridgehead atoms. The van der Waals surface area contributed by atoms with E-state index in [9.17, 15) is 0 Å². The number of rotatable bonds is 3. The van der Waals surface area contributed by atoms with Crippen molar-refractivity contribution in [1.29, 1.82) is 0 Å². The molecule has 124 valence electrons. The fourth-order valence-electron chi connectivity index (χ4n) is 3.03. The molecule has 3 heterocycles. The van der Waals surface area contributed by atoms with Crippen LogP contribution < -0.4 is 0 Å². The number of imidazole rings is 1. The quantitative estimate of drug-likeness (QED) is 0.506. The summed E-state index contributed by atoms with van der Waals surface area (Å²) < 4.78 is 8.06. The first-order chi connectivity index (χ1) is 11.8. The number of fused-ring (bicyclic) bond motifs is 1. The SMILES string of the molecule is CSc1ccc(-c2nc3c(Cl)ncnc3n2C2CCCCO2)cc1. The minimum Gasteiger partial charge on any atom is -0.358 e. The Kier molecular flexibility index (Phi) is 4.43. The maximum Gasteiger partial charge on any atom is 0.167 e. The number of aromatic nitrogens is 4. The molecule has 1 aliphatic rings. The molecule has 1 atom stereocenters. The minimum absolute atomic E-state index is 0.0649. The van der Waals surface area contributed by atoms with E-state index in [-0.39, 0.29) is 6.23 Å². The minimum atomic E-state index is -0.0649. The van der Waals surface area contributed by atoms with Gasteiger partial charge in [-0.3, -0.25) is 4.57 Å². The number of nitrogens with zero attached hydrogens (tertiary/aromatic N) is 4. The molecule has 0 amide bonds. The molecule has 7 heteroatoms. The van der Waals surface area contributed by atoms with Crippen molar-refractivity contribution in [2.24, 2.45) is 0 Å². The van der Waals surface area contributed by atoms with Crippen molar-refractivity contribution < 1.29 is 4.74 Å². The van der Waals surface area contributed by atoms with Crippen molar-refractivity contribution in [3.8, 4) is 11.4 Å². The molecule has 0 aliphatic carbocycles. The topological polar surface area (TPSA) is 52.8 Å². The van der Waals surface area contributed by atoms with Gasteiger partial charge in [0.2, 0.25) is 0 Å². The Hall–Kier alpha value is -1.63. The standard InChI is InChI=1S/C17H17ClN4OS/c1-24-12-7-5-11(6-8-12)16-21-14-15(18)19-10-20-17(14)22(16)13-4-2-3-9-23-13/h5-8,10,13H,2-4,9H2,1H3. The van der Waals surface area contributed by atoms with Gasteiger partial charge in [0.25, 0.3) is 0 Å². The van der Waals surface area contributed by atoms with Crippen LogP contribution in [0, 0.1) is 0 Å². The highest BCUT2D eigenvalue weighted by molar-refractivity contribution is 7.98. The van der Waals surface area contributed by atoms with Crippen LogP contribution in [0.15, 0.2) is 35.5 Å². The van der Waals surface area contributed by atoms with E-state index in [1.807, 2.05) is 0 Å². The Bertz CT molecular complexity index is 859. The van der Waals surface area contributed by atoms with Crippen LogP contribution in [0.3, 0.4) is 0 Å². The molecule has 0 N–H and O–H groups in total. The zero-order valence-electron chi connectivity index (χ0n) is 13.3. The van der Waals surface area contributed by atoms with Gasteiger partial charge in [0.15, 0.2) is 10.8 Å². The summed E-state index contributed by atoms with van der Waals surface area (Å²) in [7, 11) is 0. The smallest absolute Gasteiger partial charge is 0.167 e. The number of thioether (sulfide) groups is 1. The van der Waals surface area contributed by atoms with Gasteiger partial charge in [0.1, 0.15) is 23.9 Å². The summed E-state index contributed by atoms with van der Waals surface area (Å²) in [6, 6.07) is 8.35. The summed E-state index contributed by atoms with van der Waals surface area (Å²) in [5.74, 6) is 0.826. The van der Waals surface area contributed by atoms with Crippen LogP contribution in [-0.4, -0.2) is 32.4 Å². The third kappa shape index (κ3) is 2.79. The lowest BCUT2D eigenvalue weighted by atomic mass is 10.1. The van der Waals surface area contributed by atoms with E-state index >= 15 is 0 Å². The number of halogens is 1. The second kappa shape index (κ2) is 6.70. The average molecular weight is 361 g/mol. The Morgan fingerprint density at radius 3 is 2.75 bits per heavy atom. The summed E-state index contributed by atoms with van der Waals surface area (Å²) in [6.45, 7) is 0.758. The summed E-state index contributed by atoms with van der Waals surface area (Å²) in [5.41, 5.74) is 2.37. The number of benzene rings is 1. The van der Waals surface area contributed by atoms with Gasteiger partial charge in [0.05, 0.1) is 0 Å². The summed E-state index contributed by atoms with van der Waals surface area (Å²) in [6.07, 6.45) is 6.65. The molecule has 0 radical (unpaired) electrons. The van der Waals surface area contributed by atoms with Gasteiger partial charge < -0.3 is 4.74 Å². The molecule has 3 aromatic rings. The van der Waals surface area contributed by atoms with Crippen molar-refractivity contribution in [3.63, 3.8) is 0 Å². The van der Waals surface area contributed by atoms with Crippen molar-refractivity contribution in [2.45, 2.75) is 30.4 Å². The Morgan fingerprint density at radius 2 is 2.04 bits per heavy atom. The number of hydrogen-bond acceptors (Lipinski definition) is 5. The first-order valence-corrected chi connectivity index (χ1v) is 9.52. The normalized spacial score (nSPS) is 18.2. The molecule has 0 saturated carbocycles. The molecule has 1 saturated heterocycles. The van der Waals surface area contributed by atoms with E-state index in [1.165, 1.54) is 11.2 Å². The molecule has 5 nitrogen and oxygen atoms in total. The molecule has 1 aromatic carbocycles. The molecular formula is C17H17ClN4OS. The van der Waals surface area contributed by atoms with E-state index in [4.69, 9.17) is 21.3 Å². The van der Waals surface area contributed by atoms with Crippen LogP contribution in [0.4, 0.5) is 0 Å². The lowest BCUT2D eigenvalue weighted by Crippen LogP contribution is -2.19. The second-order valence-electron chi connectivity index (χ2n) is 5.69. The lowest BCUT2D eigenvalue weighted by Gasteiger charge is -2.25. The van der Waals surface area contributed by atoms with Crippen LogP contribution in [0.1, 0.15) is 25.5 Å². The summed E-state index contributed by atoms with van der Waals surface area (Å²) in [5, 5.41) is 0.372.